The van der Waals surface area contributed by atoms with Crippen molar-refractivity contribution in [3.8, 4) is 0 Å². The minimum atomic E-state index is -0.907. The van der Waals surface area contributed by atoms with Gasteiger partial charge in [-0.25, -0.2) is 9.18 Å². The molecular formula is C20H27FN2O5. The zero-order valence-corrected chi connectivity index (χ0v) is 16.5. The quantitative estimate of drug-likeness (QED) is 0.480. The molecule has 1 fully saturated rings. The van der Waals surface area contributed by atoms with Crippen molar-refractivity contribution < 1.29 is 28.2 Å². The fourth-order valence-electron chi connectivity index (χ4n) is 2.88. The van der Waals surface area contributed by atoms with Crippen LogP contribution < -0.4 is 5.32 Å². The predicted molar refractivity (Wildman–Crippen MR) is 99.8 cm³/mol. The summed E-state index contributed by atoms with van der Waals surface area (Å²) in [4.78, 5) is 38.0. The third-order valence-corrected chi connectivity index (χ3v) is 4.53. The van der Waals surface area contributed by atoms with Crippen LogP contribution >= 0.6 is 0 Å². The van der Waals surface area contributed by atoms with E-state index in [9.17, 15) is 18.8 Å². The number of carbonyl (C=O) groups excluding carboxylic acids is 3. The number of aryl methyl sites for hydroxylation is 1. The van der Waals surface area contributed by atoms with Crippen molar-refractivity contribution in [2.45, 2.75) is 52.2 Å². The lowest BCUT2D eigenvalue weighted by Gasteiger charge is -2.17. The van der Waals surface area contributed by atoms with Crippen LogP contribution in [-0.4, -0.2) is 54.6 Å². The van der Waals surface area contributed by atoms with Gasteiger partial charge >= 0.3 is 11.9 Å². The molecule has 1 amide bonds. The Morgan fingerprint density at radius 1 is 1.25 bits per heavy atom. The zero-order chi connectivity index (χ0) is 20.7. The highest BCUT2D eigenvalue weighted by Crippen LogP contribution is 2.23. The number of rotatable bonds is 10. The number of nitrogens with zero attached hydrogens (tertiary/aromatic N) is 1. The van der Waals surface area contributed by atoms with Gasteiger partial charge in [0.2, 0.25) is 5.91 Å². The smallest absolute Gasteiger partial charge is 0.328 e. The Morgan fingerprint density at radius 2 is 1.96 bits per heavy atom. The molecule has 1 aliphatic heterocycles. The molecule has 0 spiro atoms. The van der Waals surface area contributed by atoms with Crippen molar-refractivity contribution in [2.75, 3.05) is 19.8 Å². The second-order valence-corrected chi connectivity index (χ2v) is 6.67. The summed E-state index contributed by atoms with van der Waals surface area (Å²) in [5, 5.41) is 2.67. The number of halogens is 1. The van der Waals surface area contributed by atoms with E-state index in [2.05, 4.69) is 5.32 Å². The molecule has 1 saturated heterocycles. The molecule has 1 aromatic rings. The van der Waals surface area contributed by atoms with Gasteiger partial charge in [-0.15, -0.1) is 0 Å². The minimum Gasteiger partial charge on any atom is -0.466 e. The van der Waals surface area contributed by atoms with Crippen LogP contribution in [-0.2, 0) is 30.4 Å². The number of esters is 2. The van der Waals surface area contributed by atoms with Crippen molar-refractivity contribution in [1.29, 1.82) is 0 Å². The van der Waals surface area contributed by atoms with Gasteiger partial charge in [-0.1, -0.05) is 6.07 Å². The molecule has 1 aromatic carbocycles. The van der Waals surface area contributed by atoms with Crippen LogP contribution in [0.15, 0.2) is 18.2 Å². The Bertz CT molecular complexity index is 725. The lowest BCUT2D eigenvalue weighted by Crippen LogP contribution is -2.44. The fraction of sp³-hybridized carbons (Fsp3) is 0.550. The van der Waals surface area contributed by atoms with Crippen molar-refractivity contribution in [2.24, 2.45) is 0 Å². The molecule has 7 nitrogen and oxygen atoms in total. The Labute approximate surface area is 164 Å². The zero-order valence-electron chi connectivity index (χ0n) is 16.5. The Kier molecular flexibility index (Phi) is 7.92. The Balaban J connectivity index is 1.91. The van der Waals surface area contributed by atoms with Gasteiger partial charge in [0.05, 0.1) is 13.2 Å². The van der Waals surface area contributed by atoms with Gasteiger partial charge in [0, 0.05) is 19.5 Å². The summed E-state index contributed by atoms with van der Waals surface area (Å²) in [6, 6.07) is 3.27. The summed E-state index contributed by atoms with van der Waals surface area (Å²) >= 11 is 0. The monoisotopic (exact) mass is 394 g/mol. The van der Waals surface area contributed by atoms with Crippen LogP contribution in [0.5, 0.6) is 0 Å². The van der Waals surface area contributed by atoms with Crippen molar-refractivity contribution in [1.82, 2.24) is 10.2 Å². The van der Waals surface area contributed by atoms with Crippen molar-refractivity contribution in [3.63, 3.8) is 0 Å². The van der Waals surface area contributed by atoms with E-state index in [0.717, 1.165) is 11.1 Å². The average molecular weight is 394 g/mol. The van der Waals surface area contributed by atoms with Gasteiger partial charge < -0.3 is 14.8 Å². The third kappa shape index (κ3) is 6.30. The topological polar surface area (TPSA) is 84.7 Å². The van der Waals surface area contributed by atoms with Gasteiger partial charge in [0.1, 0.15) is 17.9 Å². The standard InChI is InChI=1S/C20H27FN2O5/c1-4-27-18(24)9-8-16(20(26)28-5-2)22-19(25)17-12-23(17)11-14-10-15(21)7-6-13(14)3/h6-7,10,16-17H,4-5,8-9,11-12H2,1-3H3,(H,22,25)/t16-,17?,23?/m0/s1. The normalized spacial score (nSPS) is 18.9. The highest BCUT2D eigenvalue weighted by Gasteiger charge is 2.41. The minimum absolute atomic E-state index is 0.00840. The average Bonchev–Trinajstić information content (AvgIpc) is 3.41. The molecule has 0 radical (unpaired) electrons. The molecule has 0 saturated carbocycles. The molecule has 1 N–H and O–H groups in total. The van der Waals surface area contributed by atoms with E-state index in [1.54, 1.807) is 19.9 Å². The number of carbonyl (C=O) groups is 3. The first-order chi connectivity index (χ1) is 13.3. The fourth-order valence-corrected chi connectivity index (χ4v) is 2.88. The lowest BCUT2D eigenvalue weighted by molar-refractivity contribution is -0.148. The van der Waals surface area contributed by atoms with Gasteiger partial charge in [-0.2, -0.15) is 0 Å². The van der Waals surface area contributed by atoms with E-state index in [0.29, 0.717) is 13.1 Å². The Hall–Kier alpha value is -2.48. The molecule has 0 bridgehead atoms. The lowest BCUT2D eigenvalue weighted by atomic mass is 10.1. The molecule has 8 heteroatoms. The van der Waals surface area contributed by atoms with Crippen molar-refractivity contribution >= 4 is 17.8 Å². The highest BCUT2D eigenvalue weighted by atomic mass is 19.1. The van der Waals surface area contributed by atoms with Crippen molar-refractivity contribution in [3.05, 3.63) is 35.1 Å². The summed E-state index contributed by atoms with van der Waals surface area (Å²) in [6.45, 7) is 6.67. The summed E-state index contributed by atoms with van der Waals surface area (Å²) < 4.78 is 23.3. The maximum Gasteiger partial charge on any atom is 0.328 e. The van der Waals surface area contributed by atoms with Gasteiger partial charge in [0.25, 0.3) is 0 Å². The molecule has 2 rings (SSSR count). The first-order valence-corrected chi connectivity index (χ1v) is 9.47. The van der Waals surface area contributed by atoms with Crippen LogP contribution in [0.4, 0.5) is 4.39 Å². The highest BCUT2D eigenvalue weighted by molar-refractivity contribution is 5.89. The predicted octanol–water partition coefficient (Wildman–Crippen LogP) is 1.71. The maximum absolute atomic E-state index is 13.4. The summed E-state index contributed by atoms with van der Waals surface area (Å²) in [6.07, 6.45) is 0.119. The van der Waals surface area contributed by atoms with Crippen LogP contribution in [0.3, 0.4) is 0 Å². The van der Waals surface area contributed by atoms with E-state index in [4.69, 9.17) is 9.47 Å². The third-order valence-electron chi connectivity index (χ3n) is 4.53. The molecular weight excluding hydrogens is 367 g/mol. The van der Waals surface area contributed by atoms with Gasteiger partial charge in [-0.3, -0.25) is 14.5 Å². The van der Waals surface area contributed by atoms with E-state index in [1.807, 2.05) is 11.8 Å². The van der Waals surface area contributed by atoms with Crippen LogP contribution in [0.1, 0.15) is 37.8 Å². The summed E-state index contributed by atoms with van der Waals surface area (Å²) in [5.41, 5.74) is 1.77. The van der Waals surface area contributed by atoms with E-state index < -0.39 is 18.0 Å². The summed E-state index contributed by atoms with van der Waals surface area (Å²) in [5.74, 6) is -1.63. The Morgan fingerprint density at radius 3 is 2.64 bits per heavy atom. The molecule has 154 valence electrons. The largest absolute Gasteiger partial charge is 0.466 e. The number of nitrogens with one attached hydrogen (secondary N) is 1. The molecule has 28 heavy (non-hydrogen) atoms. The molecule has 0 aliphatic carbocycles. The number of benzene rings is 1. The van der Waals surface area contributed by atoms with Gasteiger partial charge in [-0.05, 0) is 50.5 Å². The number of amides is 1. The molecule has 1 aliphatic rings. The summed E-state index contributed by atoms with van der Waals surface area (Å²) in [7, 11) is 0. The van der Waals surface area contributed by atoms with Gasteiger partial charge in [0.15, 0.2) is 0 Å². The maximum atomic E-state index is 13.4. The molecule has 2 unspecified atom stereocenters. The number of hydrogen-bond donors (Lipinski definition) is 1. The van der Waals surface area contributed by atoms with E-state index in [1.165, 1.54) is 12.1 Å². The molecule has 3 atom stereocenters. The van der Waals surface area contributed by atoms with Crippen LogP contribution in [0.2, 0.25) is 0 Å². The second kappa shape index (κ2) is 10.2. The second-order valence-electron chi connectivity index (χ2n) is 6.67. The van der Waals surface area contributed by atoms with E-state index >= 15 is 0 Å². The number of ether oxygens (including phenoxy) is 2. The molecule has 1 heterocycles. The first kappa shape index (κ1) is 21.8. The molecule has 0 aromatic heterocycles. The van der Waals surface area contributed by atoms with Crippen LogP contribution in [0.25, 0.3) is 0 Å². The van der Waals surface area contributed by atoms with Crippen LogP contribution in [0, 0.1) is 12.7 Å². The first-order valence-electron chi connectivity index (χ1n) is 9.47. The van der Waals surface area contributed by atoms with E-state index in [-0.39, 0.29) is 43.8 Å². The number of hydrogen-bond acceptors (Lipinski definition) is 6. The SMILES string of the molecule is CCOC(=O)CC[C@H](NC(=O)C1CN1Cc1cc(F)ccc1C)C(=O)OCC.